The topological polar surface area (TPSA) is 80.5 Å². The molecule has 2 aromatic heterocycles. The van der Waals surface area contributed by atoms with Crippen molar-refractivity contribution >= 4 is 5.91 Å². The number of carbonyl (C=O) groups excluding carboxylic acids is 1. The summed E-state index contributed by atoms with van der Waals surface area (Å²) in [5.41, 5.74) is 3.38. The van der Waals surface area contributed by atoms with Gasteiger partial charge in [0.1, 0.15) is 18.1 Å². The van der Waals surface area contributed by atoms with Gasteiger partial charge in [-0.15, -0.1) is 0 Å². The maximum absolute atomic E-state index is 13.3. The minimum atomic E-state index is -0.0446. The van der Waals surface area contributed by atoms with E-state index in [2.05, 4.69) is 15.5 Å². The Labute approximate surface area is 169 Å². The maximum atomic E-state index is 13.3. The number of ether oxygens (including phenoxy) is 1. The van der Waals surface area contributed by atoms with Gasteiger partial charge >= 0.3 is 0 Å². The lowest BCUT2D eigenvalue weighted by molar-refractivity contribution is 0.0633. The molecule has 1 amide bonds. The lowest BCUT2D eigenvalue weighted by Crippen LogP contribution is -2.48. The Kier molecular flexibility index (Phi) is 5.57. The zero-order chi connectivity index (χ0) is 20.2. The summed E-state index contributed by atoms with van der Waals surface area (Å²) in [6, 6.07) is 11.2. The number of nitrogens with one attached hydrogen (secondary N) is 1. The molecule has 150 valence electrons. The molecular formula is C22H24N4O3. The number of rotatable bonds is 5. The van der Waals surface area contributed by atoms with Gasteiger partial charge in [0, 0.05) is 37.6 Å². The SMILES string of the molecule is Cc1noc(C)c1COc1cccc(C(=O)N2CCNCC2c2cccnc2)c1. The smallest absolute Gasteiger partial charge is 0.254 e. The molecule has 1 saturated heterocycles. The van der Waals surface area contributed by atoms with Crippen LogP contribution >= 0.6 is 0 Å². The fourth-order valence-corrected chi connectivity index (χ4v) is 3.57. The molecular weight excluding hydrogens is 368 g/mol. The van der Waals surface area contributed by atoms with Crippen molar-refractivity contribution in [3.05, 3.63) is 76.9 Å². The number of hydrogen-bond acceptors (Lipinski definition) is 6. The lowest BCUT2D eigenvalue weighted by atomic mass is 10.0. The highest BCUT2D eigenvalue weighted by atomic mass is 16.5. The van der Waals surface area contributed by atoms with Crippen LogP contribution in [0.1, 0.15) is 39.0 Å². The standard InChI is InChI=1S/C22H24N4O3/c1-15-20(16(2)29-25-15)14-28-19-7-3-5-17(11-19)22(27)26-10-9-24-13-21(26)18-6-4-8-23-12-18/h3-8,11-12,21,24H,9-10,13-14H2,1-2H3. The van der Waals surface area contributed by atoms with E-state index in [4.69, 9.17) is 9.26 Å². The van der Waals surface area contributed by atoms with Crippen LogP contribution in [-0.2, 0) is 6.61 Å². The molecule has 1 fully saturated rings. The molecule has 0 radical (unpaired) electrons. The van der Waals surface area contributed by atoms with Crippen LogP contribution in [-0.4, -0.2) is 40.6 Å². The molecule has 0 saturated carbocycles. The molecule has 1 N–H and O–H groups in total. The Morgan fingerprint density at radius 1 is 1.31 bits per heavy atom. The predicted molar refractivity (Wildman–Crippen MR) is 108 cm³/mol. The number of piperazine rings is 1. The monoisotopic (exact) mass is 392 g/mol. The second kappa shape index (κ2) is 8.45. The summed E-state index contributed by atoms with van der Waals surface area (Å²) in [6.45, 7) is 6.22. The average molecular weight is 392 g/mol. The Bertz CT molecular complexity index is 967. The van der Waals surface area contributed by atoms with E-state index in [1.807, 2.05) is 55.3 Å². The van der Waals surface area contributed by atoms with Gasteiger partial charge in [0.2, 0.25) is 0 Å². The third kappa shape index (κ3) is 4.14. The van der Waals surface area contributed by atoms with Gasteiger partial charge in [-0.3, -0.25) is 9.78 Å². The van der Waals surface area contributed by atoms with E-state index in [0.717, 1.165) is 29.1 Å². The molecule has 1 atom stereocenters. The highest BCUT2D eigenvalue weighted by Gasteiger charge is 2.28. The van der Waals surface area contributed by atoms with Crippen LogP contribution in [0.15, 0.2) is 53.3 Å². The van der Waals surface area contributed by atoms with Crippen LogP contribution in [0, 0.1) is 13.8 Å². The molecule has 4 rings (SSSR count). The van der Waals surface area contributed by atoms with Crippen molar-refractivity contribution in [1.82, 2.24) is 20.4 Å². The first-order chi connectivity index (χ1) is 14.1. The highest BCUT2D eigenvalue weighted by molar-refractivity contribution is 5.95. The zero-order valence-electron chi connectivity index (χ0n) is 16.6. The summed E-state index contributed by atoms with van der Waals surface area (Å²) in [5, 5.41) is 7.31. The van der Waals surface area contributed by atoms with Crippen molar-refractivity contribution in [2.75, 3.05) is 19.6 Å². The van der Waals surface area contributed by atoms with E-state index in [1.54, 1.807) is 12.3 Å². The van der Waals surface area contributed by atoms with Gasteiger partial charge < -0.3 is 19.5 Å². The first-order valence-corrected chi connectivity index (χ1v) is 9.69. The maximum Gasteiger partial charge on any atom is 0.254 e. The predicted octanol–water partition coefficient (Wildman–Crippen LogP) is 3.05. The average Bonchev–Trinajstić information content (AvgIpc) is 3.10. The first-order valence-electron chi connectivity index (χ1n) is 9.69. The summed E-state index contributed by atoms with van der Waals surface area (Å²) < 4.78 is 11.1. The molecule has 1 aromatic carbocycles. The van der Waals surface area contributed by atoms with Crippen LogP contribution in [0.25, 0.3) is 0 Å². The van der Waals surface area contributed by atoms with Crippen molar-refractivity contribution in [1.29, 1.82) is 0 Å². The summed E-state index contributed by atoms with van der Waals surface area (Å²) >= 11 is 0. The van der Waals surface area contributed by atoms with Crippen LogP contribution in [0.3, 0.4) is 0 Å². The summed E-state index contributed by atoms with van der Waals surface area (Å²) in [7, 11) is 0. The fraction of sp³-hybridized carbons (Fsp3) is 0.318. The summed E-state index contributed by atoms with van der Waals surface area (Å²) in [5.74, 6) is 1.38. The summed E-state index contributed by atoms with van der Waals surface area (Å²) in [4.78, 5) is 19.4. The fourth-order valence-electron chi connectivity index (χ4n) is 3.57. The van der Waals surface area contributed by atoms with E-state index < -0.39 is 0 Å². The van der Waals surface area contributed by atoms with Gasteiger partial charge in [0.25, 0.3) is 5.91 Å². The van der Waals surface area contributed by atoms with Gasteiger partial charge in [-0.05, 0) is 43.7 Å². The number of benzene rings is 1. The van der Waals surface area contributed by atoms with E-state index >= 15 is 0 Å². The molecule has 0 aliphatic carbocycles. The zero-order valence-corrected chi connectivity index (χ0v) is 16.6. The lowest BCUT2D eigenvalue weighted by Gasteiger charge is -2.36. The van der Waals surface area contributed by atoms with E-state index in [9.17, 15) is 4.79 Å². The van der Waals surface area contributed by atoms with Crippen LogP contribution in [0.4, 0.5) is 0 Å². The van der Waals surface area contributed by atoms with Crippen molar-refractivity contribution < 1.29 is 14.1 Å². The molecule has 0 spiro atoms. The Hall–Kier alpha value is -3.19. The minimum absolute atomic E-state index is 0.0110. The quantitative estimate of drug-likeness (QED) is 0.719. The van der Waals surface area contributed by atoms with Gasteiger partial charge in [-0.1, -0.05) is 17.3 Å². The van der Waals surface area contributed by atoms with Gasteiger partial charge in [-0.2, -0.15) is 0 Å². The largest absolute Gasteiger partial charge is 0.489 e. The van der Waals surface area contributed by atoms with Crippen molar-refractivity contribution in [2.45, 2.75) is 26.5 Å². The molecule has 3 aromatic rings. The van der Waals surface area contributed by atoms with Crippen LogP contribution < -0.4 is 10.1 Å². The number of carbonyl (C=O) groups is 1. The molecule has 0 bridgehead atoms. The van der Waals surface area contributed by atoms with Crippen LogP contribution in [0.5, 0.6) is 5.75 Å². The number of hydrogen-bond donors (Lipinski definition) is 1. The second-order valence-electron chi connectivity index (χ2n) is 7.12. The molecule has 3 heterocycles. The van der Waals surface area contributed by atoms with E-state index in [-0.39, 0.29) is 11.9 Å². The van der Waals surface area contributed by atoms with Crippen molar-refractivity contribution in [2.24, 2.45) is 0 Å². The normalized spacial score (nSPS) is 16.6. The molecule has 7 heteroatoms. The van der Waals surface area contributed by atoms with Crippen molar-refractivity contribution in [3.63, 3.8) is 0 Å². The molecule has 7 nitrogen and oxygen atoms in total. The highest BCUT2D eigenvalue weighted by Crippen LogP contribution is 2.25. The Morgan fingerprint density at radius 2 is 2.21 bits per heavy atom. The minimum Gasteiger partial charge on any atom is -0.489 e. The molecule has 1 aliphatic rings. The molecule has 1 unspecified atom stereocenters. The molecule has 29 heavy (non-hydrogen) atoms. The van der Waals surface area contributed by atoms with E-state index in [1.165, 1.54) is 0 Å². The number of aromatic nitrogens is 2. The van der Waals surface area contributed by atoms with Crippen molar-refractivity contribution in [3.8, 4) is 5.75 Å². The van der Waals surface area contributed by atoms with Crippen LogP contribution in [0.2, 0.25) is 0 Å². The number of pyridine rings is 1. The summed E-state index contributed by atoms with van der Waals surface area (Å²) in [6.07, 6.45) is 3.56. The Balaban J connectivity index is 1.51. The van der Waals surface area contributed by atoms with Gasteiger partial charge in [0.15, 0.2) is 0 Å². The van der Waals surface area contributed by atoms with Gasteiger partial charge in [0.05, 0.1) is 17.3 Å². The van der Waals surface area contributed by atoms with E-state index in [0.29, 0.717) is 31.0 Å². The van der Waals surface area contributed by atoms with Gasteiger partial charge in [-0.25, -0.2) is 0 Å². The first kappa shape index (κ1) is 19.1. The second-order valence-corrected chi connectivity index (χ2v) is 7.12. The number of amides is 1. The number of nitrogens with zero attached hydrogens (tertiary/aromatic N) is 3. The number of aryl methyl sites for hydroxylation is 2. The molecule has 1 aliphatic heterocycles. The Morgan fingerprint density at radius 3 is 2.97 bits per heavy atom. The third-order valence-corrected chi connectivity index (χ3v) is 5.22. The third-order valence-electron chi connectivity index (χ3n) is 5.22.